The number of aromatic amines is 1. The van der Waals surface area contributed by atoms with E-state index in [4.69, 9.17) is 9.47 Å². The van der Waals surface area contributed by atoms with Gasteiger partial charge >= 0.3 is 0 Å². The summed E-state index contributed by atoms with van der Waals surface area (Å²) in [7, 11) is 0. The van der Waals surface area contributed by atoms with Gasteiger partial charge in [-0.15, -0.1) is 0 Å². The van der Waals surface area contributed by atoms with E-state index in [9.17, 15) is 4.79 Å². The number of H-pyrrole nitrogens is 1. The number of hydrogen-bond donors (Lipinski definition) is 2. The lowest BCUT2D eigenvalue weighted by Gasteiger charge is -2.11. The van der Waals surface area contributed by atoms with Crippen LogP contribution in [0.15, 0.2) is 48.7 Å². The second kappa shape index (κ2) is 7.03. The number of rotatable bonds is 4. The van der Waals surface area contributed by atoms with E-state index in [0.29, 0.717) is 23.0 Å². The lowest BCUT2D eigenvalue weighted by molar-refractivity contribution is 0.102. The maximum atomic E-state index is 12.7. The van der Waals surface area contributed by atoms with Crippen LogP contribution in [0.5, 0.6) is 11.5 Å². The van der Waals surface area contributed by atoms with Gasteiger partial charge in [-0.2, -0.15) is 5.10 Å². The van der Waals surface area contributed by atoms with Crippen molar-refractivity contribution in [2.45, 2.75) is 31.6 Å². The first-order valence-corrected chi connectivity index (χ1v) is 9.62. The number of fused-ring (bicyclic) bond motifs is 1. The van der Waals surface area contributed by atoms with Crippen molar-refractivity contribution in [2.75, 3.05) is 12.1 Å². The lowest BCUT2D eigenvalue weighted by atomic mass is 9.96. The summed E-state index contributed by atoms with van der Waals surface area (Å²) >= 11 is 0. The summed E-state index contributed by atoms with van der Waals surface area (Å²) in [6.45, 7) is 0.227. The molecule has 0 saturated heterocycles. The van der Waals surface area contributed by atoms with Gasteiger partial charge in [0.25, 0.3) is 5.91 Å². The third-order valence-electron chi connectivity index (χ3n) is 5.56. The van der Waals surface area contributed by atoms with Gasteiger partial charge in [-0.3, -0.25) is 9.89 Å². The van der Waals surface area contributed by atoms with Gasteiger partial charge in [0.05, 0.1) is 6.20 Å². The van der Waals surface area contributed by atoms with Crippen molar-refractivity contribution in [3.63, 3.8) is 0 Å². The molecule has 3 aromatic rings. The summed E-state index contributed by atoms with van der Waals surface area (Å²) in [6.07, 6.45) is 6.79. The second-order valence-corrected chi connectivity index (χ2v) is 7.28. The average Bonchev–Trinajstić information content (AvgIpc) is 3.48. The first-order valence-electron chi connectivity index (χ1n) is 9.62. The van der Waals surface area contributed by atoms with Crippen LogP contribution < -0.4 is 14.8 Å². The minimum absolute atomic E-state index is 0.163. The summed E-state index contributed by atoms with van der Waals surface area (Å²) in [5, 5.41) is 9.90. The zero-order valence-electron chi connectivity index (χ0n) is 15.4. The van der Waals surface area contributed by atoms with E-state index in [-0.39, 0.29) is 12.7 Å². The van der Waals surface area contributed by atoms with Crippen LogP contribution in [0.4, 0.5) is 5.82 Å². The molecule has 0 spiro atoms. The highest BCUT2D eigenvalue weighted by Gasteiger charge is 2.19. The van der Waals surface area contributed by atoms with E-state index in [1.54, 1.807) is 6.20 Å². The first kappa shape index (κ1) is 16.9. The van der Waals surface area contributed by atoms with Crippen molar-refractivity contribution in [3.8, 4) is 22.6 Å². The molecule has 0 unspecified atom stereocenters. The number of amides is 1. The molecule has 2 aliphatic rings. The lowest BCUT2D eigenvalue weighted by Crippen LogP contribution is -2.13. The summed E-state index contributed by atoms with van der Waals surface area (Å²) in [5.74, 6) is 2.45. The van der Waals surface area contributed by atoms with E-state index < -0.39 is 0 Å². The van der Waals surface area contributed by atoms with E-state index in [0.717, 1.165) is 16.9 Å². The number of benzene rings is 2. The Kier molecular flexibility index (Phi) is 4.24. The van der Waals surface area contributed by atoms with Gasteiger partial charge in [0.2, 0.25) is 6.79 Å². The fraction of sp³-hybridized carbons (Fsp3) is 0.273. The molecule has 1 fully saturated rings. The summed E-state index contributed by atoms with van der Waals surface area (Å²) in [6, 6.07) is 13.6. The molecule has 0 bridgehead atoms. The van der Waals surface area contributed by atoms with Crippen molar-refractivity contribution in [1.82, 2.24) is 10.2 Å². The molecule has 0 atom stereocenters. The van der Waals surface area contributed by atoms with Crippen LogP contribution in [0, 0.1) is 0 Å². The van der Waals surface area contributed by atoms with E-state index in [2.05, 4.69) is 27.6 Å². The minimum atomic E-state index is -0.163. The fourth-order valence-electron chi connectivity index (χ4n) is 4.02. The van der Waals surface area contributed by atoms with Gasteiger partial charge in [-0.25, -0.2) is 0 Å². The molecule has 1 aliphatic heterocycles. The normalized spacial score (nSPS) is 15.7. The van der Waals surface area contributed by atoms with Crippen molar-refractivity contribution in [2.24, 2.45) is 0 Å². The van der Waals surface area contributed by atoms with Crippen LogP contribution in [0.1, 0.15) is 47.5 Å². The van der Waals surface area contributed by atoms with Crippen LogP contribution in [-0.4, -0.2) is 22.9 Å². The van der Waals surface area contributed by atoms with E-state index in [1.165, 1.54) is 31.2 Å². The summed E-state index contributed by atoms with van der Waals surface area (Å²) in [4.78, 5) is 12.7. The van der Waals surface area contributed by atoms with E-state index >= 15 is 0 Å². The maximum absolute atomic E-state index is 12.7. The number of nitrogens with zero attached hydrogens (tertiary/aromatic N) is 1. The number of carbonyl (C=O) groups excluding carboxylic acids is 1. The van der Waals surface area contributed by atoms with Crippen molar-refractivity contribution >= 4 is 11.7 Å². The average molecular weight is 375 g/mol. The molecule has 2 N–H and O–H groups in total. The topological polar surface area (TPSA) is 76.2 Å². The second-order valence-electron chi connectivity index (χ2n) is 7.28. The van der Waals surface area contributed by atoms with Gasteiger partial charge < -0.3 is 14.8 Å². The van der Waals surface area contributed by atoms with Gasteiger partial charge in [0.1, 0.15) is 5.82 Å². The fourth-order valence-corrected chi connectivity index (χ4v) is 4.02. The Bertz CT molecular complexity index is 1000. The number of ether oxygens (including phenoxy) is 2. The molecule has 5 rings (SSSR count). The van der Waals surface area contributed by atoms with Crippen molar-refractivity contribution < 1.29 is 14.3 Å². The molecule has 2 heterocycles. The molecule has 1 aliphatic carbocycles. The molecular formula is C22H21N3O3. The highest BCUT2D eigenvalue weighted by Crippen LogP contribution is 2.37. The Labute approximate surface area is 162 Å². The molecule has 2 aromatic carbocycles. The first-order chi connectivity index (χ1) is 13.8. The molecule has 6 nitrogen and oxygen atoms in total. The van der Waals surface area contributed by atoms with Crippen LogP contribution in [-0.2, 0) is 0 Å². The number of carbonyl (C=O) groups is 1. The van der Waals surface area contributed by atoms with Crippen LogP contribution in [0.3, 0.4) is 0 Å². The standard InChI is InChI=1S/C22H21N3O3/c26-22(16-7-5-15(6-8-16)14-3-1-2-4-14)24-21-18(12-23-25-21)17-9-10-19-20(11-17)28-13-27-19/h5-12,14H,1-4,13H2,(H2,23,24,25,26). The molecule has 1 saturated carbocycles. The molecule has 6 heteroatoms. The summed E-state index contributed by atoms with van der Waals surface area (Å²) < 4.78 is 10.8. The smallest absolute Gasteiger partial charge is 0.256 e. The number of aromatic nitrogens is 2. The van der Waals surface area contributed by atoms with Gasteiger partial charge in [-0.1, -0.05) is 31.0 Å². The Morgan fingerprint density at radius 3 is 2.64 bits per heavy atom. The van der Waals surface area contributed by atoms with Gasteiger partial charge in [-0.05, 0) is 54.2 Å². The largest absolute Gasteiger partial charge is 0.454 e. The summed E-state index contributed by atoms with van der Waals surface area (Å²) in [5.41, 5.74) is 3.66. The Morgan fingerprint density at radius 1 is 1.04 bits per heavy atom. The molecule has 0 radical (unpaired) electrons. The van der Waals surface area contributed by atoms with Crippen molar-refractivity contribution in [3.05, 3.63) is 59.8 Å². The number of hydrogen-bond acceptors (Lipinski definition) is 4. The number of anilines is 1. The highest BCUT2D eigenvalue weighted by atomic mass is 16.7. The third-order valence-corrected chi connectivity index (χ3v) is 5.56. The van der Waals surface area contributed by atoms with E-state index in [1.807, 2.05) is 30.3 Å². The Balaban J connectivity index is 1.34. The van der Waals surface area contributed by atoms with Gasteiger partial charge in [0.15, 0.2) is 11.5 Å². The van der Waals surface area contributed by atoms with Crippen LogP contribution in [0.2, 0.25) is 0 Å². The zero-order chi connectivity index (χ0) is 18.9. The SMILES string of the molecule is O=C(Nc1[nH]ncc1-c1ccc2c(c1)OCO2)c1ccc(C2CCCC2)cc1. The minimum Gasteiger partial charge on any atom is -0.454 e. The quantitative estimate of drug-likeness (QED) is 0.692. The molecule has 1 amide bonds. The molecule has 28 heavy (non-hydrogen) atoms. The van der Waals surface area contributed by atoms with Crippen LogP contribution >= 0.6 is 0 Å². The predicted octanol–water partition coefficient (Wildman–Crippen LogP) is 4.72. The maximum Gasteiger partial charge on any atom is 0.256 e. The molecular weight excluding hydrogens is 354 g/mol. The zero-order valence-corrected chi connectivity index (χ0v) is 15.4. The predicted molar refractivity (Wildman–Crippen MR) is 106 cm³/mol. The number of nitrogens with one attached hydrogen (secondary N) is 2. The third kappa shape index (κ3) is 3.11. The van der Waals surface area contributed by atoms with Crippen molar-refractivity contribution in [1.29, 1.82) is 0 Å². The molecule has 142 valence electrons. The van der Waals surface area contributed by atoms with Crippen LogP contribution in [0.25, 0.3) is 11.1 Å². The monoisotopic (exact) mass is 375 g/mol. The molecule has 1 aromatic heterocycles. The Morgan fingerprint density at radius 2 is 1.82 bits per heavy atom. The van der Waals surface area contributed by atoms with Gasteiger partial charge in [0, 0.05) is 11.1 Å². The highest BCUT2D eigenvalue weighted by molar-refractivity contribution is 6.05. The Hall–Kier alpha value is -3.28.